The predicted molar refractivity (Wildman–Crippen MR) is 102 cm³/mol. The Morgan fingerprint density at radius 2 is 1.85 bits per heavy atom. The van der Waals surface area contributed by atoms with Crippen molar-refractivity contribution in [1.82, 2.24) is 14.5 Å². The van der Waals surface area contributed by atoms with Crippen LogP contribution in [0.4, 0.5) is 10.1 Å². The number of hydrogen-bond acceptors (Lipinski definition) is 3. The highest BCUT2D eigenvalue weighted by atomic mass is 19.1. The first-order valence-corrected chi connectivity index (χ1v) is 9.06. The zero-order valence-corrected chi connectivity index (χ0v) is 15.4. The van der Waals surface area contributed by atoms with Crippen molar-refractivity contribution in [2.75, 3.05) is 11.4 Å². The standard InChI is InChI=1S/C21H23FN4/c1-14(2)20-18(5-4-10-23-20)21-19-13-25(11-12-26(19)15(3)24-21)17-8-6-16(22)7-9-17/h4-10,14H,11-13H2,1-3H3. The third-order valence-corrected chi connectivity index (χ3v) is 5.03. The highest BCUT2D eigenvalue weighted by Crippen LogP contribution is 2.33. The summed E-state index contributed by atoms with van der Waals surface area (Å²) in [4.78, 5) is 11.8. The Morgan fingerprint density at radius 3 is 2.58 bits per heavy atom. The molecule has 26 heavy (non-hydrogen) atoms. The van der Waals surface area contributed by atoms with Gasteiger partial charge in [0.2, 0.25) is 0 Å². The van der Waals surface area contributed by atoms with E-state index in [1.807, 2.05) is 24.4 Å². The lowest BCUT2D eigenvalue weighted by Crippen LogP contribution is -2.34. The Balaban J connectivity index is 1.76. The van der Waals surface area contributed by atoms with E-state index in [1.165, 1.54) is 17.8 Å². The van der Waals surface area contributed by atoms with Gasteiger partial charge < -0.3 is 9.47 Å². The summed E-state index contributed by atoms with van der Waals surface area (Å²) in [5.41, 5.74) is 5.45. The zero-order chi connectivity index (χ0) is 18.3. The van der Waals surface area contributed by atoms with Gasteiger partial charge in [0.25, 0.3) is 0 Å². The van der Waals surface area contributed by atoms with Gasteiger partial charge in [-0.1, -0.05) is 13.8 Å². The lowest BCUT2D eigenvalue weighted by molar-refractivity contribution is 0.560. The van der Waals surface area contributed by atoms with Crippen molar-refractivity contribution in [3.63, 3.8) is 0 Å². The number of aromatic nitrogens is 3. The number of nitrogens with zero attached hydrogens (tertiary/aromatic N) is 4. The Kier molecular flexibility index (Phi) is 4.23. The van der Waals surface area contributed by atoms with Crippen LogP contribution in [-0.4, -0.2) is 21.1 Å². The van der Waals surface area contributed by atoms with Crippen molar-refractivity contribution in [1.29, 1.82) is 0 Å². The minimum Gasteiger partial charge on any atom is -0.364 e. The molecule has 1 aliphatic rings. The van der Waals surface area contributed by atoms with Crippen LogP contribution in [0.15, 0.2) is 42.6 Å². The highest BCUT2D eigenvalue weighted by Gasteiger charge is 2.25. The third kappa shape index (κ3) is 2.87. The van der Waals surface area contributed by atoms with E-state index in [4.69, 9.17) is 4.98 Å². The molecule has 1 aliphatic heterocycles. The van der Waals surface area contributed by atoms with Crippen molar-refractivity contribution >= 4 is 5.69 Å². The fourth-order valence-corrected chi connectivity index (χ4v) is 3.71. The molecule has 4 rings (SSSR count). The number of aryl methyl sites for hydroxylation is 1. The third-order valence-electron chi connectivity index (χ3n) is 5.03. The number of rotatable bonds is 3. The predicted octanol–water partition coefficient (Wildman–Crippen LogP) is 4.54. The van der Waals surface area contributed by atoms with Crippen molar-refractivity contribution < 1.29 is 4.39 Å². The van der Waals surface area contributed by atoms with Crippen LogP contribution in [-0.2, 0) is 13.1 Å². The molecule has 0 N–H and O–H groups in total. The Morgan fingerprint density at radius 1 is 1.08 bits per heavy atom. The summed E-state index contributed by atoms with van der Waals surface area (Å²) in [6, 6.07) is 10.8. The van der Waals surface area contributed by atoms with E-state index < -0.39 is 0 Å². The van der Waals surface area contributed by atoms with Crippen LogP contribution in [0.25, 0.3) is 11.3 Å². The maximum absolute atomic E-state index is 13.3. The molecule has 2 aromatic heterocycles. The van der Waals surface area contributed by atoms with Crippen LogP contribution in [0.5, 0.6) is 0 Å². The number of pyridine rings is 1. The molecule has 0 saturated carbocycles. The molecule has 0 atom stereocenters. The summed E-state index contributed by atoms with van der Waals surface area (Å²) < 4.78 is 15.6. The number of benzene rings is 1. The summed E-state index contributed by atoms with van der Waals surface area (Å²) in [5.74, 6) is 1.16. The number of halogens is 1. The molecule has 0 spiro atoms. The summed E-state index contributed by atoms with van der Waals surface area (Å²) in [6.45, 7) is 8.90. The number of hydrogen-bond donors (Lipinski definition) is 0. The minimum atomic E-state index is -0.204. The van der Waals surface area contributed by atoms with Gasteiger partial charge in [0.1, 0.15) is 11.6 Å². The molecule has 4 nitrogen and oxygen atoms in total. The molecular formula is C21H23FN4. The van der Waals surface area contributed by atoms with Crippen LogP contribution >= 0.6 is 0 Å². The second kappa shape index (κ2) is 6.56. The molecule has 0 unspecified atom stereocenters. The van der Waals surface area contributed by atoms with Crippen LogP contribution in [0, 0.1) is 12.7 Å². The smallest absolute Gasteiger partial charge is 0.123 e. The average molecular weight is 350 g/mol. The lowest BCUT2D eigenvalue weighted by Gasteiger charge is -2.31. The van der Waals surface area contributed by atoms with Gasteiger partial charge in [0.15, 0.2) is 0 Å². The van der Waals surface area contributed by atoms with E-state index in [0.717, 1.165) is 48.1 Å². The molecule has 134 valence electrons. The first-order chi connectivity index (χ1) is 12.5. The second-order valence-corrected chi connectivity index (χ2v) is 7.09. The largest absolute Gasteiger partial charge is 0.364 e. The van der Waals surface area contributed by atoms with Gasteiger partial charge in [-0.15, -0.1) is 0 Å². The maximum atomic E-state index is 13.3. The van der Waals surface area contributed by atoms with Gasteiger partial charge in [-0.2, -0.15) is 0 Å². The van der Waals surface area contributed by atoms with Crippen LogP contribution in [0.1, 0.15) is 37.0 Å². The van der Waals surface area contributed by atoms with E-state index in [-0.39, 0.29) is 5.82 Å². The minimum absolute atomic E-state index is 0.204. The Labute approximate surface area is 153 Å². The Bertz CT molecular complexity index is 928. The molecule has 0 radical (unpaired) electrons. The molecule has 0 aliphatic carbocycles. The molecule has 0 saturated heterocycles. The van der Waals surface area contributed by atoms with E-state index in [0.29, 0.717) is 5.92 Å². The van der Waals surface area contributed by atoms with E-state index in [1.54, 1.807) is 0 Å². The first kappa shape index (κ1) is 16.8. The van der Waals surface area contributed by atoms with Crippen LogP contribution in [0.3, 0.4) is 0 Å². The number of imidazole rings is 1. The van der Waals surface area contributed by atoms with Gasteiger partial charge in [-0.3, -0.25) is 4.98 Å². The monoisotopic (exact) mass is 350 g/mol. The molecule has 1 aromatic carbocycles. The molecule has 0 amide bonds. The zero-order valence-electron chi connectivity index (χ0n) is 15.4. The van der Waals surface area contributed by atoms with Crippen LogP contribution < -0.4 is 4.90 Å². The van der Waals surface area contributed by atoms with Gasteiger partial charge in [-0.05, 0) is 49.2 Å². The summed E-state index contributed by atoms with van der Waals surface area (Å²) in [6.07, 6.45) is 1.85. The molecule has 0 fully saturated rings. The van der Waals surface area contributed by atoms with Gasteiger partial charge >= 0.3 is 0 Å². The van der Waals surface area contributed by atoms with Crippen molar-refractivity contribution in [3.8, 4) is 11.3 Å². The fourth-order valence-electron chi connectivity index (χ4n) is 3.71. The SMILES string of the molecule is Cc1nc(-c2cccnc2C(C)C)c2n1CCN(c1ccc(F)cc1)C2. The van der Waals surface area contributed by atoms with E-state index in [2.05, 4.69) is 41.3 Å². The van der Waals surface area contributed by atoms with Crippen LogP contribution in [0.2, 0.25) is 0 Å². The second-order valence-electron chi connectivity index (χ2n) is 7.09. The highest BCUT2D eigenvalue weighted by molar-refractivity contribution is 5.66. The molecule has 0 bridgehead atoms. The Hall–Kier alpha value is -2.69. The number of fused-ring (bicyclic) bond motifs is 1. The summed E-state index contributed by atoms with van der Waals surface area (Å²) >= 11 is 0. The van der Waals surface area contributed by atoms with Gasteiger partial charge in [0.05, 0.1) is 23.6 Å². The van der Waals surface area contributed by atoms with Crippen molar-refractivity contribution in [2.45, 2.75) is 39.8 Å². The molecule has 5 heteroatoms. The fraction of sp³-hybridized carbons (Fsp3) is 0.333. The van der Waals surface area contributed by atoms with Gasteiger partial charge in [-0.25, -0.2) is 9.37 Å². The lowest BCUT2D eigenvalue weighted by atomic mass is 10.00. The quantitative estimate of drug-likeness (QED) is 0.696. The maximum Gasteiger partial charge on any atom is 0.123 e. The van der Waals surface area contributed by atoms with Crippen molar-refractivity contribution in [3.05, 3.63) is 65.6 Å². The summed E-state index contributed by atoms with van der Waals surface area (Å²) in [5, 5.41) is 0. The van der Waals surface area contributed by atoms with Crippen molar-refractivity contribution in [2.24, 2.45) is 0 Å². The molecular weight excluding hydrogens is 327 g/mol. The average Bonchev–Trinajstić information content (AvgIpc) is 2.98. The topological polar surface area (TPSA) is 34.0 Å². The molecule has 3 aromatic rings. The van der Waals surface area contributed by atoms with E-state index in [9.17, 15) is 4.39 Å². The first-order valence-electron chi connectivity index (χ1n) is 9.06. The molecule has 3 heterocycles. The normalized spacial score (nSPS) is 14.0. The summed E-state index contributed by atoms with van der Waals surface area (Å²) in [7, 11) is 0. The van der Waals surface area contributed by atoms with E-state index >= 15 is 0 Å². The number of anilines is 1. The van der Waals surface area contributed by atoms with Gasteiger partial charge in [0, 0.05) is 30.5 Å².